The Morgan fingerprint density at radius 1 is 1.44 bits per heavy atom. The van der Waals surface area contributed by atoms with Crippen LogP contribution in [-0.2, 0) is 17.7 Å². The standard InChI is InChI=1S/C13H23N3OS/c1-2-3-4-5-8-12-14-15-13(18)16(12)10-11-7-6-9-17-11/h11H,2-10H2,1H3,(H,15,18). The molecule has 0 aromatic carbocycles. The summed E-state index contributed by atoms with van der Waals surface area (Å²) in [5.74, 6) is 1.09. The van der Waals surface area contributed by atoms with Gasteiger partial charge in [-0.15, -0.1) is 0 Å². The van der Waals surface area contributed by atoms with Crippen molar-refractivity contribution < 1.29 is 4.74 Å². The largest absolute Gasteiger partial charge is 0.376 e. The number of aromatic amines is 1. The second kappa shape index (κ2) is 7.04. The molecule has 0 radical (unpaired) electrons. The Labute approximate surface area is 114 Å². The van der Waals surface area contributed by atoms with Crippen LogP contribution in [0.4, 0.5) is 0 Å². The van der Waals surface area contributed by atoms with E-state index in [9.17, 15) is 0 Å². The summed E-state index contributed by atoms with van der Waals surface area (Å²) < 4.78 is 8.53. The van der Waals surface area contributed by atoms with Gasteiger partial charge in [0.2, 0.25) is 0 Å². The fourth-order valence-electron chi connectivity index (χ4n) is 2.43. The third kappa shape index (κ3) is 3.65. The Hall–Kier alpha value is -0.680. The van der Waals surface area contributed by atoms with Crippen molar-refractivity contribution in [2.45, 2.75) is 64.5 Å². The summed E-state index contributed by atoms with van der Waals surface area (Å²) in [7, 11) is 0. The van der Waals surface area contributed by atoms with Crippen molar-refractivity contribution in [1.29, 1.82) is 0 Å². The van der Waals surface area contributed by atoms with Gasteiger partial charge in [0.25, 0.3) is 0 Å². The Kier molecular flexibility index (Phi) is 5.38. The summed E-state index contributed by atoms with van der Waals surface area (Å²) in [6, 6.07) is 0. The molecule has 1 aromatic heterocycles. The summed E-state index contributed by atoms with van der Waals surface area (Å²) in [5, 5.41) is 7.26. The van der Waals surface area contributed by atoms with Crippen molar-refractivity contribution >= 4 is 12.2 Å². The minimum Gasteiger partial charge on any atom is -0.376 e. The van der Waals surface area contributed by atoms with E-state index in [-0.39, 0.29) is 0 Å². The quantitative estimate of drug-likeness (QED) is 0.610. The number of ether oxygens (including phenoxy) is 1. The molecule has 1 aliphatic heterocycles. The van der Waals surface area contributed by atoms with Crippen molar-refractivity contribution in [2.24, 2.45) is 0 Å². The zero-order valence-corrected chi connectivity index (χ0v) is 12.0. The highest BCUT2D eigenvalue weighted by molar-refractivity contribution is 7.71. The van der Waals surface area contributed by atoms with E-state index in [0.29, 0.717) is 6.10 Å². The predicted molar refractivity (Wildman–Crippen MR) is 74.2 cm³/mol. The molecule has 2 heterocycles. The lowest BCUT2D eigenvalue weighted by Gasteiger charge is -2.12. The van der Waals surface area contributed by atoms with Gasteiger partial charge in [0.05, 0.1) is 12.6 Å². The average molecular weight is 269 g/mol. The molecule has 1 saturated heterocycles. The highest BCUT2D eigenvalue weighted by Crippen LogP contribution is 2.15. The zero-order valence-electron chi connectivity index (χ0n) is 11.2. The molecule has 5 heteroatoms. The first-order chi connectivity index (χ1) is 8.81. The molecule has 1 N–H and O–H groups in total. The predicted octanol–water partition coefficient (Wildman–Crippen LogP) is 3.24. The second-order valence-corrected chi connectivity index (χ2v) is 5.39. The molecule has 0 saturated carbocycles. The van der Waals surface area contributed by atoms with Crippen molar-refractivity contribution in [3.63, 3.8) is 0 Å². The first-order valence-electron chi connectivity index (χ1n) is 7.07. The van der Waals surface area contributed by atoms with Gasteiger partial charge in [-0.1, -0.05) is 26.2 Å². The van der Waals surface area contributed by atoms with Crippen molar-refractivity contribution in [3.8, 4) is 0 Å². The lowest BCUT2D eigenvalue weighted by molar-refractivity contribution is 0.0958. The maximum absolute atomic E-state index is 5.67. The first-order valence-corrected chi connectivity index (χ1v) is 7.47. The lowest BCUT2D eigenvalue weighted by atomic mass is 10.1. The molecule has 0 amide bonds. The third-order valence-corrected chi connectivity index (χ3v) is 3.81. The molecule has 1 aliphatic rings. The number of nitrogens with one attached hydrogen (secondary N) is 1. The summed E-state index contributed by atoms with van der Waals surface area (Å²) in [6.07, 6.45) is 8.68. The number of aryl methyl sites for hydroxylation is 1. The van der Waals surface area contributed by atoms with Crippen molar-refractivity contribution in [2.75, 3.05) is 6.61 Å². The first kappa shape index (κ1) is 13.7. The molecule has 1 fully saturated rings. The molecule has 0 aliphatic carbocycles. The number of hydrogen-bond donors (Lipinski definition) is 1. The number of hydrogen-bond acceptors (Lipinski definition) is 3. The van der Waals surface area contributed by atoms with Crippen LogP contribution in [0.15, 0.2) is 0 Å². The van der Waals surface area contributed by atoms with Gasteiger partial charge in [-0.05, 0) is 31.5 Å². The molecule has 1 aromatic rings. The third-order valence-electron chi connectivity index (χ3n) is 3.50. The van der Waals surface area contributed by atoms with Crippen LogP contribution >= 0.6 is 12.2 Å². The minimum atomic E-state index is 0.323. The van der Waals surface area contributed by atoms with Crippen molar-refractivity contribution in [1.82, 2.24) is 14.8 Å². The monoisotopic (exact) mass is 269 g/mol. The molecule has 2 rings (SSSR count). The molecule has 18 heavy (non-hydrogen) atoms. The van der Waals surface area contributed by atoms with E-state index in [0.717, 1.165) is 36.6 Å². The molecular weight excluding hydrogens is 246 g/mol. The fourth-order valence-corrected chi connectivity index (χ4v) is 2.66. The van der Waals surface area contributed by atoms with Crippen LogP contribution in [0.3, 0.4) is 0 Å². The van der Waals surface area contributed by atoms with Gasteiger partial charge in [0.15, 0.2) is 4.77 Å². The van der Waals surface area contributed by atoms with Crippen molar-refractivity contribution in [3.05, 3.63) is 10.6 Å². The number of nitrogens with zero attached hydrogens (tertiary/aromatic N) is 2. The maximum Gasteiger partial charge on any atom is 0.195 e. The zero-order chi connectivity index (χ0) is 12.8. The van der Waals surface area contributed by atoms with Gasteiger partial charge in [0.1, 0.15) is 5.82 Å². The number of aromatic nitrogens is 3. The topological polar surface area (TPSA) is 42.8 Å². The maximum atomic E-state index is 5.67. The van der Waals surface area contributed by atoms with E-state index in [4.69, 9.17) is 17.0 Å². The fraction of sp³-hybridized carbons (Fsp3) is 0.846. The highest BCUT2D eigenvalue weighted by Gasteiger charge is 2.18. The lowest BCUT2D eigenvalue weighted by Crippen LogP contribution is -2.17. The number of rotatable bonds is 7. The molecule has 0 bridgehead atoms. The summed E-state index contributed by atoms with van der Waals surface area (Å²) >= 11 is 5.30. The SMILES string of the molecule is CCCCCCc1n[nH]c(=S)n1CC1CCCO1. The van der Waals surface area contributed by atoms with E-state index in [2.05, 4.69) is 21.7 Å². The second-order valence-electron chi connectivity index (χ2n) is 5.00. The summed E-state index contributed by atoms with van der Waals surface area (Å²) in [5.41, 5.74) is 0. The molecule has 4 nitrogen and oxygen atoms in total. The highest BCUT2D eigenvalue weighted by atomic mass is 32.1. The van der Waals surface area contributed by atoms with Crippen LogP contribution in [0.25, 0.3) is 0 Å². The Bertz CT molecular complexity index is 407. The molecule has 102 valence electrons. The summed E-state index contributed by atoms with van der Waals surface area (Å²) in [4.78, 5) is 0. The van der Waals surface area contributed by atoms with E-state index < -0.39 is 0 Å². The van der Waals surface area contributed by atoms with Gasteiger partial charge in [-0.3, -0.25) is 5.10 Å². The normalized spacial score (nSPS) is 19.5. The van der Waals surface area contributed by atoms with E-state index in [1.165, 1.54) is 32.1 Å². The number of unbranched alkanes of at least 4 members (excludes halogenated alkanes) is 3. The molecule has 0 spiro atoms. The summed E-state index contributed by atoms with van der Waals surface area (Å²) in [6.45, 7) is 3.98. The molecule has 1 unspecified atom stereocenters. The minimum absolute atomic E-state index is 0.323. The van der Waals surface area contributed by atoms with E-state index in [1.807, 2.05) is 0 Å². The average Bonchev–Trinajstić information content (AvgIpc) is 2.99. The van der Waals surface area contributed by atoms with Crippen LogP contribution in [-0.4, -0.2) is 27.5 Å². The van der Waals surface area contributed by atoms with Gasteiger partial charge in [-0.25, -0.2) is 0 Å². The molecular formula is C13H23N3OS. The van der Waals surface area contributed by atoms with E-state index in [1.54, 1.807) is 0 Å². The Balaban J connectivity index is 1.91. The Morgan fingerprint density at radius 3 is 3.06 bits per heavy atom. The van der Waals surface area contributed by atoms with Crippen LogP contribution < -0.4 is 0 Å². The van der Waals surface area contributed by atoms with Crippen LogP contribution in [0.2, 0.25) is 0 Å². The van der Waals surface area contributed by atoms with Crippen LogP contribution in [0.5, 0.6) is 0 Å². The van der Waals surface area contributed by atoms with Gasteiger partial charge in [-0.2, -0.15) is 5.10 Å². The van der Waals surface area contributed by atoms with Gasteiger partial charge in [0, 0.05) is 13.0 Å². The van der Waals surface area contributed by atoms with Gasteiger partial charge < -0.3 is 9.30 Å². The molecule has 1 atom stereocenters. The smallest absolute Gasteiger partial charge is 0.195 e. The van der Waals surface area contributed by atoms with E-state index >= 15 is 0 Å². The number of H-pyrrole nitrogens is 1. The van der Waals surface area contributed by atoms with Crippen LogP contribution in [0.1, 0.15) is 51.3 Å². The van der Waals surface area contributed by atoms with Crippen LogP contribution in [0, 0.1) is 4.77 Å². The van der Waals surface area contributed by atoms with Gasteiger partial charge >= 0.3 is 0 Å². The Morgan fingerprint density at radius 2 is 2.33 bits per heavy atom.